The fourth-order valence-electron chi connectivity index (χ4n) is 5.17. The summed E-state index contributed by atoms with van der Waals surface area (Å²) in [6, 6.07) is 13.9. The Balaban J connectivity index is 1.59. The number of phenolic OH excluding ortho intramolecular Hbond substituents is 1. The molecule has 4 unspecified atom stereocenters. The van der Waals surface area contributed by atoms with Crippen molar-refractivity contribution in [2.24, 2.45) is 5.92 Å². The molecule has 0 spiro atoms. The number of fused-ring (bicyclic) bond motifs is 1. The molecule has 35 heavy (non-hydrogen) atoms. The summed E-state index contributed by atoms with van der Waals surface area (Å²) < 4.78 is 16.9. The summed E-state index contributed by atoms with van der Waals surface area (Å²) in [6.45, 7) is 6.37. The monoisotopic (exact) mass is 475 g/mol. The predicted octanol–water partition coefficient (Wildman–Crippen LogP) is 3.78. The van der Waals surface area contributed by atoms with Crippen LogP contribution >= 0.6 is 0 Å². The maximum Gasteiger partial charge on any atom is 0.242 e. The van der Waals surface area contributed by atoms with Crippen molar-refractivity contribution in [1.29, 1.82) is 0 Å². The van der Waals surface area contributed by atoms with E-state index in [4.69, 9.17) is 13.9 Å². The first kappa shape index (κ1) is 23.0. The Labute approximate surface area is 204 Å². The number of carbonyl (C=O) groups is 1. The molecule has 2 fully saturated rings. The van der Waals surface area contributed by atoms with E-state index in [1.807, 2.05) is 54.3 Å². The minimum atomic E-state index is -0.470. The highest BCUT2D eigenvalue weighted by atomic mass is 16.5. The average Bonchev–Trinajstić information content (AvgIpc) is 3.59. The Hall–Kier alpha value is -3.75. The molecule has 3 N–H and O–H groups in total. The molecule has 2 aromatic carbocycles. The van der Waals surface area contributed by atoms with Gasteiger partial charge in [-0.2, -0.15) is 0 Å². The number of hydrazine groups is 1. The number of phenols is 1. The zero-order valence-corrected chi connectivity index (χ0v) is 19.7. The molecular weight excluding hydrogens is 446 g/mol. The van der Waals surface area contributed by atoms with Crippen molar-refractivity contribution in [3.63, 3.8) is 0 Å². The zero-order chi connectivity index (χ0) is 24.5. The molecule has 0 radical (unpaired) electrons. The molecule has 3 aromatic rings. The van der Waals surface area contributed by atoms with Crippen molar-refractivity contribution < 1.29 is 23.8 Å². The number of carbonyl (C=O) groups excluding carboxylic acids is 1. The third-order valence-electron chi connectivity index (χ3n) is 6.72. The topological polar surface area (TPSA) is 96.2 Å². The number of benzene rings is 2. The van der Waals surface area contributed by atoms with Crippen molar-refractivity contribution in [2.75, 3.05) is 13.7 Å². The van der Waals surface area contributed by atoms with Crippen LogP contribution in [0.1, 0.15) is 34.5 Å². The van der Waals surface area contributed by atoms with Gasteiger partial charge in [0.1, 0.15) is 24.2 Å². The van der Waals surface area contributed by atoms with Crippen molar-refractivity contribution in [1.82, 2.24) is 15.8 Å². The fourth-order valence-corrected chi connectivity index (χ4v) is 5.17. The van der Waals surface area contributed by atoms with Crippen LogP contribution in [0.4, 0.5) is 0 Å². The first-order chi connectivity index (χ1) is 17.0. The number of nitrogens with one attached hydrogen (secondary N) is 2. The predicted molar refractivity (Wildman–Crippen MR) is 130 cm³/mol. The maximum absolute atomic E-state index is 13.6. The van der Waals surface area contributed by atoms with E-state index in [1.54, 1.807) is 25.5 Å². The molecule has 2 saturated heterocycles. The van der Waals surface area contributed by atoms with Gasteiger partial charge in [-0.25, -0.2) is 10.9 Å². The second-order valence-corrected chi connectivity index (χ2v) is 8.88. The molecule has 3 heterocycles. The van der Waals surface area contributed by atoms with Crippen LogP contribution in [-0.2, 0) is 11.3 Å². The number of likely N-dealkylation sites (tertiary alicyclic amines) is 1. The van der Waals surface area contributed by atoms with Gasteiger partial charge in [-0.05, 0) is 42.8 Å². The quantitative estimate of drug-likeness (QED) is 0.427. The van der Waals surface area contributed by atoms with Crippen LogP contribution in [0.25, 0.3) is 0 Å². The van der Waals surface area contributed by atoms with E-state index < -0.39 is 6.04 Å². The van der Waals surface area contributed by atoms with Gasteiger partial charge in [-0.1, -0.05) is 36.4 Å². The summed E-state index contributed by atoms with van der Waals surface area (Å²) in [5, 5.41) is 10.7. The molecule has 0 saturated carbocycles. The van der Waals surface area contributed by atoms with Crippen LogP contribution in [0.2, 0.25) is 0 Å². The number of aryl methyl sites for hydroxylation is 1. The average molecular weight is 476 g/mol. The Morgan fingerprint density at radius 3 is 2.71 bits per heavy atom. The van der Waals surface area contributed by atoms with Crippen LogP contribution in [0.5, 0.6) is 17.2 Å². The largest absolute Gasteiger partial charge is 0.508 e. The number of hydrogen-bond donors (Lipinski definition) is 3. The highest BCUT2D eigenvalue weighted by molar-refractivity contribution is 5.86. The van der Waals surface area contributed by atoms with Gasteiger partial charge in [0, 0.05) is 11.5 Å². The second kappa shape index (κ2) is 9.48. The molecule has 1 aromatic heterocycles. The number of aromatic hydroxyl groups is 1. The number of methoxy groups -OCH3 is 1. The van der Waals surface area contributed by atoms with Crippen LogP contribution in [0, 0.1) is 12.8 Å². The van der Waals surface area contributed by atoms with Gasteiger partial charge in [0.05, 0.1) is 32.0 Å². The molecule has 182 valence electrons. The smallest absolute Gasteiger partial charge is 0.242 e. The number of rotatable bonds is 8. The number of nitrogens with zero attached hydrogens (tertiary/aromatic N) is 1. The molecule has 4 atom stereocenters. The van der Waals surface area contributed by atoms with Crippen molar-refractivity contribution in [3.8, 4) is 17.2 Å². The van der Waals surface area contributed by atoms with E-state index >= 15 is 0 Å². The lowest BCUT2D eigenvalue weighted by Crippen LogP contribution is -2.41. The van der Waals surface area contributed by atoms with Crippen LogP contribution in [0.15, 0.2) is 71.9 Å². The summed E-state index contributed by atoms with van der Waals surface area (Å²) in [6.07, 6.45) is 3.28. The maximum atomic E-state index is 13.6. The molecule has 8 nitrogen and oxygen atoms in total. The lowest BCUT2D eigenvalue weighted by atomic mass is 9.82. The van der Waals surface area contributed by atoms with E-state index in [2.05, 4.69) is 17.4 Å². The zero-order valence-electron chi connectivity index (χ0n) is 19.7. The molecule has 0 bridgehead atoms. The number of furan rings is 1. The SMILES string of the molecule is C=CCOc1ccc(C2C3C(NNC3c3cc(C)ccc3O)C(=O)N2Cc2ccco2)cc1OC. The molecule has 2 aliphatic heterocycles. The Kier molecular flexibility index (Phi) is 6.23. The van der Waals surface area contributed by atoms with Crippen molar-refractivity contribution >= 4 is 5.91 Å². The minimum absolute atomic E-state index is 0.0375. The fraction of sp³-hybridized carbons (Fsp3) is 0.296. The number of ether oxygens (including phenoxy) is 2. The van der Waals surface area contributed by atoms with E-state index in [-0.39, 0.29) is 29.7 Å². The van der Waals surface area contributed by atoms with Gasteiger partial charge >= 0.3 is 0 Å². The molecule has 0 aliphatic carbocycles. The van der Waals surface area contributed by atoms with E-state index in [1.165, 1.54) is 0 Å². The first-order valence-electron chi connectivity index (χ1n) is 11.6. The van der Waals surface area contributed by atoms with Crippen LogP contribution in [0.3, 0.4) is 0 Å². The summed E-state index contributed by atoms with van der Waals surface area (Å²) in [5.41, 5.74) is 9.15. The summed E-state index contributed by atoms with van der Waals surface area (Å²) in [4.78, 5) is 15.5. The molecule has 5 rings (SSSR count). The van der Waals surface area contributed by atoms with E-state index in [0.29, 0.717) is 30.4 Å². The van der Waals surface area contributed by atoms with E-state index in [0.717, 1.165) is 16.7 Å². The van der Waals surface area contributed by atoms with Crippen LogP contribution < -0.4 is 20.3 Å². The minimum Gasteiger partial charge on any atom is -0.508 e. The Morgan fingerprint density at radius 2 is 1.97 bits per heavy atom. The molecule has 2 aliphatic rings. The van der Waals surface area contributed by atoms with Gasteiger partial charge in [0.15, 0.2) is 11.5 Å². The Morgan fingerprint density at radius 1 is 1.14 bits per heavy atom. The number of hydrogen-bond acceptors (Lipinski definition) is 7. The second-order valence-electron chi connectivity index (χ2n) is 8.88. The van der Waals surface area contributed by atoms with Crippen molar-refractivity contribution in [3.05, 3.63) is 89.9 Å². The first-order valence-corrected chi connectivity index (χ1v) is 11.6. The normalized spacial score (nSPS) is 23.4. The third kappa shape index (κ3) is 4.15. The summed E-state index contributed by atoms with van der Waals surface area (Å²) >= 11 is 0. The summed E-state index contributed by atoms with van der Waals surface area (Å²) in [5.74, 6) is 1.83. The van der Waals surface area contributed by atoms with Gasteiger partial charge in [-0.15, -0.1) is 0 Å². The van der Waals surface area contributed by atoms with Gasteiger partial charge in [0.2, 0.25) is 5.91 Å². The highest BCUT2D eigenvalue weighted by Gasteiger charge is 2.56. The molecule has 8 heteroatoms. The highest BCUT2D eigenvalue weighted by Crippen LogP contribution is 2.50. The van der Waals surface area contributed by atoms with E-state index in [9.17, 15) is 9.90 Å². The summed E-state index contributed by atoms with van der Waals surface area (Å²) in [7, 11) is 1.59. The third-order valence-corrected chi connectivity index (χ3v) is 6.72. The Bertz CT molecular complexity index is 1230. The van der Waals surface area contributed by atoms with Crippen LogP contribution in [-0.4, -0.2) is 35.7 Å². The lowest BCUT2D eigenvalue weighted by molar-refractivity contribution is -0.131. The van der Waals surface area contributed by atoms with Gasteiger partial charge < -0.3 is 23.9 Å². The number of amides is 1. The lowest BCUT2D eigenvalue weighted by Gasteiger charge is -2.31. The molecule has 1 amide bonds. The van der Waals surface area contributed by atoms with Gasteiger partial charge in [0.25, 0.3) is 0 Å². The molecular formula is C27H29N3O5. The standard InChI is InChI=1S/C27H29N3O5/c1-4-11-35-21-10-8-17(14-22(21)33-3)26-23-24(19-13-16(2)7-9-20(19)31)28-29-25(23)27(32)30(26)15-18-6-5-12-34-18/h4-10,12-14,23-26,28-29,31H,1,11,15H2,2-3H3. The van der Waals surface area contributed by atoms with Crippen molar-refractivity contribution in [2.45, 2.75) is 31.6 Å². The van der Waals surface area contributed by atoms with Gasteiger partial charge in [-0.3, -0.25) is 4.79 Å².